The van der Waals surface area contributed by atoms with E-state index < -0.39 is 45.3 Å². The normalized spacial score (nSPS) is 14.9. The van der Waals surface area contributed by atoms with Gasteiger partial charge in [-0.1, -0.05) is 83.1 Å². The molecule has 0 aliphatic carbocycles. The molecule has 0 spiro atoms. The average Bonchev–Trinajstić information content (AvgIpc) is 2.83. The Kier molecular flexibility index (Phi) is 10.2. The molecule has 0 aliphatic heterocycles. The molecule has 0 aliphatic rings. The first-order chi connectivity index (χ1) is 16.8. The molecule has 2 aromatic carbocycles. The molecule has 0 bridgehead atoms. The lowest BCUT2D eigenvalue weighted by Crippen LogP contribution is -2.54. The van der Waals surface area contributed by atoms with Crippen molar-refractivity contribution < 1.29 is 23.1 Å². The number of nitrogens with two attached hydrogens (primary N) is 1. The zero-order chi connectivity index (χ0) is 27.1. The van der Waals surface area contributed by atoms with Gasteiger partial charge < -0.3 is 16.2 Å². The number of benzene rings is 2. The van der Waals surface area contributed by atoms with Crippen molar-refractivity contribution in [2.45, 2.75) is 58.1 Å². The van der Waals surface area contributed by atoms with Crippen LogP contribution in [0.3, 0.4) is 0 Å². The number of amides is 2. The number of aliphatic hydroxyl groups is 1. The summed E-state index contributed by atoms with van der Waals surface area (Å²) in [5, 5.41) is 14.2. The van der Waals surface area contributed by atoms with Gasteiger partial charge in [0.25, 0.3) is 0 Å². The number of nitrogens with zero attached hydrogens (tertiary/aromatic N) is 1. The molecule has 198 valence electrons. The number of primary amides is 1. The Hall–Kier alpha value is -2.75. The third kappa shape index (κ3) is 7.62. The van der Waals surface area contributed by atoms with Gasteiger partial charge in [0.15, 0.2) is 0 Å². The van der Waals surface area contributed by atoms with Gasteiger partial charge in [0.05, 0.1) is 22.5 Å². The maximum absolute atomic E-state index is 13.4. The topological polar surface area (TPSA) is 130 Å². The van der Waals surface area contributed by atoms with Crippen LogP contribution in [-0.2, 0) is 26.0 Å². The van der Waals surface area contributed by atoms with Crippen LogP contribution in [0.2, 0.25) is 0 Å². The first kappa shape index (κ1) is 29.5. The monoisotopic (exact) mass is 517 g/mol. The largest absolute Gasteiger partial charge is 0.390 e. The number of nitrogens with one attached hydrogen (secondary N) is 1. The van der Waals surface area contributed by atoms with Crippen LogP contribution in [0.25, 0.3) is 0 Å². The van der Waals surface area contributed by atoms with Crippen molar-refractivity contribution in [2.75, 3.05) is 13.1 Å². The second-order valence-corrected chi connectivity index (χ2v) is 12.1. The summed E-state index contributed by atoms with van der Waals surface area (Å²) >= 11 is 0. The van der Waals surface area contributed by atoms with Crippen LogP contribution in [-0.4, -0.2) is 54.9 Å². The third-order valence-electron chi connectivity index (χ3n) is 6.54. The maximum Gasteiger partial charge on any atom is 0.243 e. The summed E-state index contributed by atoms with van der Waals surface area (Å²) in [4.78, 5) is 25.1. The molecule has 36 heavy (non-hydrogen) atoms. The number of carbonyl (C=O) groups excluding carboxylic acids is 2. The SMILES string of the molecule is CC(C)CN(C[C@@H](O)[C@H](Cc1ccccc1)NC(=O)[C@H](C)C(C)(C)C(N)=O)S(=O)(=O)c1ccccc1. The molecule has 2 amide bonds. The minimum absolute atomic E-state index is 0.00856. The second kappa shape index (κ2) is 12.5. The highest BCUT2D eigenvalue weighted by Crippen LogP contribution is 2.27. The van der Waals surface area contributed by atoms with Crippen molar-refractivity contribution in [3.63, 3.8) is 0 Å². The number of rotatable bonds is 13. The third-order valence-corrected chi connectivity index (χ3v) is 8.39. The number of carbonyl (C=O) groups is 2. The van der Waals surface area contributed by atoms with E-state index in [0.717, 1.165) is 5.56 Å². The van der Waals surface area contributed by atoms with Crippen molar-refractivity contribution in [2.24, 2.45) is 23.0 Å². The molecule has 0 saturated carbocycles. The molecular weight excluding hydrogens is 478 g/mol. The molecule has 0 saturated heterocycles. The number of hydrogen-bond donors (Lipinski definition) is 3. The Morgan fingerprint density at radius 3 is 2.00 bits per heavy atom. The fourth-order valence-corrected chi connectivity index (χ4v) is 5.40. The molecule has 4 N–H and O–H groups in total. The van der Waals surface area contributed by atoms with E-state index in [9.17, 15) is 23.1 Å². The standard InChI is InChI=1S/C27H39N3O5S/c1-19(2)17-30(36(34,35)22-14-10-7-11-15-22)18-24(31)23(16-21-12-8-6-9-13-21)29-25(32)20(3)27(4,5)26(28)33/h6-15,19-20,23-24,31H,16-18H2,1-5H3,(H2,28,33)(H,29,32)/t20-,23-,24+/m0/s1. The minimum atomic E-state index is -3.88. The molecule has 3 atom stereocenters. The molecule has 0 radical (unpaired) electrons. The Bertz CT molecular complexity index is 1100. The van der Waals surface area contributed by atoms with Gasteiger partial charge in [-0.25, -0.2) is 8.42 Å². The van der Waals surface area contributed by atoms with Crippen LogP contribution in [0.15, 0.2) is 65.6 Å². The summed E-state index contributed by atoms with van der Waals surface area (Å²) in [6.07, 6.45) is -0.937. The predicted octanol–water partition coefficient (Wildman–Crippen LogP) is 2.57. The second-order valence-electron chi connectivity index (χ2n) is 10.2. The summed E-state index contributed by atoms with van der Waals surface area (Å²) in [5.41, 5.74) is 5.26. The van der Waals surface area contributed by atoms with Crippen molar-refractivity contribution in [1.82, 2.24) is 9.62 Å². The predicted molar refractivity (Wildman–Crippen MR) is 140 cm³/mol. The van der Waals surface area contributed by atoms with Gasteiger partial charge in [-0.15, -0.1) is 0 Å². The highest BCUT2D eigenvalue weighted by Gasteiger charge is 2.38. The molecule has 0 heterocycles. The van der Waals surface area contributed by atoms with Crippen LogP contribution in [0.4, 0.5) is 0 Å². The Balaban J connectivity index is 2.35. The zero-order valence-electron chi connectivity index (χ0n) is 21.7. The van der Waals surface area contributed by atoms with Crippen molar-refractivity contribution in [3.05, 3.63) is 66.2 Å². The highest BCUT2D eigenvalue weighted by atomic mass is 32.2. The van der Waals surface area contributed by atoms with Crippen LogP contribution in [0.5, 0.6) is 0 Å². The highest BCUT2D eigenvalue weighted by molar-refractivity contribution is 7.89. The molecule has 0 fully saturated rings. The van der Waals surface area contributed by atoms with Gasteiger partial charge in [-0.3, -0.25) is 9.59 Å². The number of sulfonamides is 1. The van der Waals surface area contributed by atoms with Crippen LogP contribution in [0.1, 0.15) is 40.2 Å². The van der Waals surface area contributed by atoms with E-state index >= 15 is 0 Å². The maximum atomic E-state index is 13.4. The summed E-state index contributed by atoms with van der Waals surface area (Å²) in [7, 11) is -3.88. The van der Waals surface area contributed by atoms with Crippen molar-refractivity contribution in [3.8, 4) is 0 Å². The van der Waals surface area contributed by atoms with E-state index in [1.165, 1.54) is 16.4 Å². The molecule has 8 nitrogen and oxygen atoms in total. The molecule has 9 heteroatoms. The summed E-state index contributed by atoms with van der Waals surface area (Å²) in [5.74, 6) is -1.81. The van der Waals surface area contributed by atoms with E-state index in [1.807, 2.05) is 44.2 Å². The van der Waals surface area contributed by atoms with Gasteiger partial charge in [-0.2, -0.15) is 4.31 Å². The summed E-state index contributed by atoms with van der Waals surface area (Å²) in [6, 6.07) is 16.6. The van der Waals surface area contributed by atoms with E-state index in [4.69, 9.17) is 5.73 Å². The van der Waals surface area contributed by atoms with Gasteiger partial charge >= 0.3 is 0 Å². The summed E-state index contributed by atoms with van der Waals surface area (Å²) < 4.78 is 28.1. The molecule has 0 unspecified atom stereocenters. The van der Waals surface area contributed by atoms with Crippen LogP contribution < -0.4 is 11.1 Å². The Labute approximate surface area is 214 Å². The van der Waals surface area contributed by atoms with E-state index in [1.54, 1.807) is 39.0 Å². The van der Waals surface area contributed by atoms with E-state index in [-0.39, 0.29) is 30.3 Å². The first-order valence-corrected chi connectivity index (χ1v) is 13.6. The van der Waals surface area contributed by atoms with Gasteiger partial charge in [-0.05, 0) is 30.0 Å². The van der Waals surface area contributed by atoms with Crippen molar-refractivity contribution in [1.29, 1.82) is 0 Å². The number of hydrogen-bond acceptors (Lipinski definition) is 5. The molecule has 2 aromatic rings. The van der Waals surface area contributed by atoms with Gasteiger partial charge in [0, 0.05) is 19.0 Å². The van der Waals surface area contributed by atoms with Crippen LogP contribution in [0, 0.1) is 17.3 Å². The van der Waals surface area contributed by atoms with Crippen LogP contribution >= 0.6 is 0 Å². The Morgan fingerprint density at radius 1 is 0.972 bits per heavy atom. The smallest absolute Gasteiger partial charge is 0.243 e. The van der Waals surface area contributed by atoms with Gasteiger partial charge in [0.1, 0.15) is 0 Å². The summed E-state index contributed by atoms with van der Waals surface area (Å²) in [6.45, 7) is 8.59. The molecule has 2 rings (SSSR count). The van der Waals surface area contributed by atoms with E-state index in [2.05, 4.69) is 5.32 Å². The Morgan fingerprint density at radius 2 is 1.50 bits per heavy atom. The zero-order valence-corrected chi connectivity index (χ0v) is 22.5. The molecule has 0 aromatic heterocycles. The lowest BCUT2D eigenvalue weighted by atomic mass is 9.78. The minimum Gasteiger partial charge on any atom is -0.390 e. The fourth-order valence-electron chi connectivity index (χ4n) is 3.76. The first-order valence-electron chi connectivity index (χ1n) is 12.1. The van der Waals surface area contributed by atoms with E-state index in [0.29, 0.717) is 0 Å². The average molecular weight is 518 g/mol. The number of aliphatic hydroxyl groups excluding tert-OH is 1. The quantitative estimate of drug-likeness (QED) is 0.376. The fraction of sp³-hybridized carbons (Fsp3) is 0.481. The van der Waals surface area contributed by atoms with Crippen molar-refractivity contribution >= 4 is 21.8 Å². The van der Waals surface area contributed by atoms with Gasteiger partial charge in [0.2, 0.25) is 21.8 Å². The molecular formula is C27H39N3O5S. The lowest BCUT2D eigenvalue weighted by Gasteiger charge is -2.33. The lowest BCUT2D eigenvalue weighted by molar-refractivity contribution is -0.138.